The molecule has 0 amide bonds. The van der Waals surface area contributed by atoms with Gasteiger partial charge >= 0.3 is 12.1 Å². The Hall–Kier alpha value is -1.51. The zero-order valence-electron chi connectivity index (χ0n) is 9.16. The third-order valence-corrected chi connectivity index (χ3v) is 3.04. The largest absolute Gasteiger partial charge is 0.475 e. The van der Waals surface area contributed by atoms with Crippen molar-refractivity contribution in [3.8, 4) is 11.3 Å². The van der Waals surface area contributed by atoms with Crippen molar-refractivity contribution in [1.29, 1.82) is 0 Å². The number of carboxylic acids is 1. The van der Waals surface area contributed by atoms with Gasteiger partial charge in [-0.2, -0.15) is 13.2 Å². The highest BCUT2D eigenvalue weighted by Gasteiger charge is 2.34. The van der Waals surface area contributed by atoms with Crippen molar-refractivity contribution in [2.45, 2.75) is 6.18 Å². The van der Waals surface area contributed by atoms with Crippen LogP contribution in [0, 0.1) is 3.57 Å². The number of carboxylic acid groups (broad SMARTS) is 1. The maximum atomic E-state index is 12.9. The van der Waals surface area contributed by atoms with E-state index in [1.807, 2.05) is 0 Å². The average Bonchev–Trinajstić information content (AvgIpc) is 2.77. The summed E-state index contributed by atoms with van der Waals surface area (Å²) in [6.45, 7) is 0. The van der Waals surface area contributed by atoms with Crippen molar-refractivity contribution in [2.24, 2.45) is 0 Å². The van der Waals surface area contributed by atoms with E-state index in [0.29, 0.717) is 3.57 Å². The lowest BCUT2D eigenvalue weighted by atomic mass is 10.1. The van der Waals surface area contributed by atoms with Crippen LogP contribution in [-0.2, 0) is 6.18 Å². The molecule has 0 aliphatic heterocycles. The van der Waals surface area contributed by atoms with Crippen LogP contribution in [0.15, 0.2) is 34.7 Å². The minimum absolute atomic E-state index is 0.124. The predicted octanol–water partition coefficient (Wildman–Crippen LogP) is 4.27. The molecule has 1 aromatic heterocycles. The number of aromatic carboxylic acids is 1. The topological polar surface area (TPSA) is 50.4 Å². The normalized spacial score (nSPS) is 11.6. The van der Waals surface area contributed by atoms with Crippen molar-refractivity contribution < 1.29 is 27.5 Å². The van der Waals surface area contributed by atoms with Crippen molar-refractivity contribution in [1.82, 2.24) is 0 Å². The Morgan fingerprint density at radius 1 is 1.21 bits per heavy atom. The fraction of sp³-hybridized carbons (Fsp3) is 0.0833. The second kappa shape index (κ2) is 4.87. The first-order valence-electron chi connectivity index (χ1n) is 4.99. The number of hydrogen-bond donors (Lipinski definition) is 1. The molecule has 0 radical (unpaired) electrons. The number of hydrogen-bond acceptors (Lipinski definition) is 2. The summed E-state index contributed by atoms with van der Waals surface area (Å²) < 4.78 is 44.1. The highest BCUT2D eigenvalue weighted by Crippen LogP contribution is 2.38. The molecule has 2 rings (SSSR count). The van der Waals surface area contributed by atoms with Crippen molar-refractivity contribution in [3.63, 3.8) is 0 Å². The van der Waals surface area contributed by atoms with Gasteiger partial charge in [0.25, 0.3) is 0 Å². The third kappa shape index (κ3) is 2.91. The zero-order valence-corrected chi connectivity index (χ0v) is 11.3. The van der Waals surface area contributed by atoms with Gasteiger partial charge in [0.1, 0.15) is 5.76 Å². The first-order valence-corrected chi connectivity index (χ1v) is 6.07. The second-order valence-electron chi connectivity index (χ2n) is 3.66. The van der Waals surface area contributed by atoms with Gasteiger partial charge in [0.15, 0.2) is 0 Å². The van der Waals surface area contributed by atoms with Crippen LogP contribution in [0.1, 0.15) is 16.1 Å². The first-order chi connectivity index (χ1) is 8.79. The van der Waals surface area contributed by atoms with Crippen molar-refractivity contribution in [2.75, 3.05) is 0 Å². The minimum Gasteiger partial charge on any atom is -0.475 e. The average molecular weight is 382 g/mol. The van der Waals surface area contributed by atoms with Gasteiger partial charge in [-0.25, -0.2) is 4.79 Å². The molecule has 0 saturated heterocycles. The standard InChI is InChI=1S/C12H6F3IO3/c13-12(14,15)8-5-6(16)1-2-7(8)9-3-4-10(19-9)11(17)18/h1-5H,(H,17,18). The van der Waals surface area contributed by atoms with E-state index in [0.717, 1.165) is 12.1 Å². The van der Waals surface area contributed by atoms with Gasteiger partial charge in [0.05, 0.1) is 5.56 Å². The summed E-state index contributed by atoms with van der Waals surface area (Å²) in [6, 6.07) is 6.07. The second-order valence-corrected chi connectivity index (χ2v) is 4.90. The van der Waals surface area contributed by atoms with E-state index in [4.69, 9.17) is 9.52 Å². The van der Waals surface area contributed by atoms with E-state index in [-0.39, 0.29) is 11.3 Å². The molecule has 0 aliphatic carbocycles. The molecule has 19 heavy (non-hydrogen) atoms. The maximum Gasteiger partial charge on any atom is 0.417 e. The van der Waals surface area contributed by atoms with E-state index < -0.39 is 23.5 Å². The minimum atomic E-state index is -4.54. The van der Waals surface area contributed by atoms with E-state index in [9.17, 15) is 18.0 Å². The Morgan fingerprint density at radius 3 is 2.42 bits per heavy atom. The van der Waals surface area contributed by atoms with E-state index in [1.165, 1.54) is 18.2 Å². The number of rotatable bonds is 2. The lowest BCUT2D eigenvalue weighted by Gasteiger charge is -2.11. The Balaban J connectivity index is 2.58. The summed E-state index contributed by atoms with van der Waals surface area (Å²) in [4.78, 5) is 10.7. The SMILES string of the molecule is O=C(O)c1ccc(-c2ccc(I)cc2C(F)(F)F)o1. The number of benzene rings is 1. The Bertz CT molecular complexity index is 631. The number of alkyl halides is 3. The molecule has 0 fully saturated rings. The summed E-state index contributed by atoms with van der Waals surface area (Å²) >= 11 is 1.77. The van der Waals surface area contributed by atoms with Crippen LogP contribution < -0.4 is 0 Å². The number of halogens is 4. The first kappa shape index (κ1) is 13.9. The van der Waals surface area contributed by atoms with Crippen LogP contribution in [0.25, 0.3) is 11.3 Å². The van der Waals surface area contributed by atoms with Gasteiger partial charge in [-0.05, 0) is 52.9 Å². The van der Waals surface area contributed by atoms with Crippen molar-refractivity contribution >= 4 is 28.6 Å². The smallest absolute Gasteiger partial charge is 0.417 e. The molecule has 0 bridgehead atoms. The monoisotopic (exact) mass is 382 g/mol. The van der Waals surface area contributed by atoms with E-state index in [1.54, 1.807) is 22.6 Å². The van der Waals surface area contributed by atoms with E-state index in [2.05, 4.69) is 0 Å². The van der Waals surface area contributed by atoms with Gasteiger partial charge in [0, 0.05) is 9.13 Å². The summed E-state index contributed by atoms with van der Waals surface area (Å²) in [5.41, 5.74) is -1.04. The molecule has 0 unspecified atom stereocenters. The van der Waals surface area contributed by atoms with Crippen LogP contribution >= 0.6 is 22.6 Å². The highest BCUT2D eigenvalue weighted by molar-refractivity contribution is 14.1. The molecule has 1 aromatic carbocycles. The van der Waals surface area contributed by atoms with Gasteiger partial charge < -0.3 is 9.52 Å². The van der Waals surface area contributed by atoms with Gasteiger partial charge in [0.2, 0.25) is 5.76 Å². The van der Waals surface area contributed by atoms with Gasteiger partial charge in [-0.3, -0.25) is 0 Å². The molecular formula is C12H6F3IO3. The Morgan fingerprint density at radius 2 is 1.89 bits per heavy atom. The Labute approximate surface area is 119 Å². The van der Waals surface area contributed by atoms with Crippen LogP contribution in [0.2, 0.25) is 0 Å². The quantitative estimate of drug-likeness (QED) is 0.790. The molecule has 1 N–H and O–H groups in total. The fourth-order valence-corrected chi connectivity index (χ4v) is 2.05. The molecule has 7 heteroatoms. The summed E-state index contributed by atoms with van der Waals surface area (Å²) in [6.07, 6.45) is -4.54. The molecule has 100 valence electrons. The van der Waals surface area contributed by atoms with Gasteiger partial charge in [-0.15, -0.1) is 0 Å². The lowest BCUT2D eigenvalue weighted by Crippen LogP contribution is -2.07. The summed E-state index contributed by atoms with van der Waals surface area (Å²) in [7, 11) is 0. The van der Waals surface area contributed by atoms with Crippen molar-refractivity contribution in [3.05, 3.63) is 45.2 Å². The highest BCUT2D eigenvalue weighted by atomic mass is 127. The van der Waals surface area contributed by atoms with Crippen LogP contribution in [0.5, 0.6) is 0 Å². The molecule has 0 spiro atoms. The lowest BCUT2D eigenvalue weighted by molar-refractivity contribution is -0.137. The zero-order chi connectivity index (χ0) is 14.2. The molecule has 2 aromatic rings. The van der Waals surface area contributed by atoms with Crippen LogP contribution in [0.3, 0.4) is 0 Å². The molecule has 1 heterocycles. The van der Waals surface area contributed by atoms with E-state index >= 15 is 0 Å². The molecule has 0 atom stereocenters. The molecule has 3 nitrogen and oxygen atoms in total. The fourth-order valence-electron chi connectivity index (χ4n) is 1.56. The molecule has 0 saturated carbocycles. The van der Waals surface area contributed by atoms with Gasteiger partial charge in [-0.1, -0.05) is 0 Å². The van der Waals surface area contributed by atoms with Crippen LogP contribution in [0.4, 0.5) is 13.2 Å². The molecule has 0 aliphatic rings. The summed E-state index contributed by atoms with van der Waals surface area (Å²) in [5.74, 6) is -1.85. The Kier molecular flexibility index (Phi) is 3.57. The number of furan rings is 1. The predicted molar refractivity (Wildman–Crippen MR) is 68.8 cm³/mol. The molecular weight excluding hydrogens is 376 g/mol. The summed E-state index contributed by atoms with van der Waals surface area (Å²) in [5, 5.41) is 8.70. The van der Waals surface area contributed by atoms with Crippen LogP contribution in [-0.4, -0.2) is 11.1 Å². The maximum absolute atomic E-state index is 12.9. The number of carbonyl (C=O) groups is 1. The third-order valence-electron chi connectivity index (χ3n) is 2.37.